The Morgan fingerprint density at radius 3 is 2.40 bits per heavy atom. The van der Waals surface area contributed by atoms with Gasteiger partial charge in [-0.2, -0.15) is 0 Å². The number of benzene rings is 2. The highest BCUT2D eigenvalue weighted by atomic mass is 32.2. The Morgan fingerprint density at radius 1 is 1.10 bits per heavy atom. The first-order chi connectivity index (χ1) is 9.67. The van der Waals surface area contributed by atoms with Crippen LogP contribution in [0.3, 0.4) is 0 Å². The second-order valence-electron chi connectivity index (χ2n) is 4.79. The van der Waals surface area contributed by atoms with Crippen LogP contribution in [-0.2, 0) is 6.54 Å². The number of hydrogen-bond donors (Lipinski definition) is 1. The third-order valence-electron chi connectivity index (χ3n) is 3.39. The molecule has 2 nitrogen and oxygen atoms in total. The molecule has 0 fully saturated rings. The molecule has 0 unspecified atom stereocenters. The van der Waals surface area contributed by atoms with Gasteiger partial charge in [0, 0.05) is 35.4 Å². The van der Waals surface area contributed by atoms with Crippen LogP contribution < -0.4 is 10.6 Å². The van der Waals surface area contributed by atoms with E-state index in [0.717, 1.165) is 5.75 Å². The van der Waals surface area contributed by atoms with Crippen molar-refractivity contribution in [1.82, 2.24) is 0 Å². The minimum absolute atomic E-state index is 0.564. The van der Waals surface area contributed by atoms with Crippen molar-refractivity contribution in [3.05, 3.63) is 53.6 Å². The van der Waals surface area contributed by atoms with Crippen LogP contribution in [0.2, 0.25) is 0 Å². The highest BCUT2D eigenvalue weighted by Gasteiger charge is 2.12. The van der Waals surface area contributed by atoms with E-state index in [4.69, 9.17) is 5.73 Å². The lowest BCUT2D eigenvalue weighted by Gasteiger charge is -2.24. The van der Waals surface area contributed by atoms with Gasteiger partial charge in [0.05, 0.1) is 0 Å². The van der Waals surface area contributed by atoms with Crippen LogP contribution in [-0.4, -0.2) is 12.8 Å². The molecule has 0 bridgehead atoms. The van der Waals surface area contributed by atoms with E-state index in [9.17, 15) is 0 Å². The lowest BCUT2D eigenvalue weighted by Crippen LogP contribution is -2.14. The van der Waals surface area contributed by atoms with E-state index >= 15 is 0 Å². The number of hydrogen-bond acceptors (Lipinski definition) is 3. The Balaban J connectivity index is 2.40. The summed E-state index contributed by atoms with van der Waals surface area (Å²) in [6, 6.07) is 15.0. The fourth-order valence-electron chi connectivity index (χ4n) is 2.27. The van der Waals surface area contributed by atoms with Crippen LogP contribution in [0, 0.1) is 6.92 Å². The SMILES string of the molecule is CCSc1cccc(N(C)c2ccc(C)cc2)c1CN. The molecule has 0 spiro atoms. The third kappa shape index (κ3) is 3.17. The van der Waals surface area contributed by atoms with Gasteiger partial charge in [0.15, 0.2) is 0 Å². The first kappa shape index (κ1) is 14.9. The van der Waals surface area contributed by atoms with Crippen molar-refractivity contribution in [3.8, 4) is 0 Å². The molecule has 0 aliphatic carbocycles. The lowest BCUT2D eigenvalue weighted by molar-refractivity contribution is 1.01. The van der Waals surface area contributed by atoms with E-state index in [1.807, 2.05) is 11.8 Å². The standard InChI is InChI=1S/C17H22N2S/c1-4-20-17-7-5-6-16(15(17)12-18)19(3)14-10-8-13(2)9-11-14/h5-11H,4,12,18H2,1-3H3. The fraction of sp³-hybridized carbons (Fsp3) is 0.294. The minimum atomic E-state index is 0.564. The van der Waals surface area contributed by atoms with E-state index in [2.05, 4.69) is 68.3 Å². The maximum absolute atomic E-state index is 5.98. The van der Waals surface area contributed by atoms with Crippen molar-refractivity contribution in [2.45, 2.75) is 25.3 Å². The Bertz CT molecular complexity index is 564. The number of thioether (sulfide) groups is 1. The molecule has 0 aromatic heterocycles. The molecule has 3 heteroatoms. The second-order valence-corrected chi connectivity index (χ2v) is 6.09. The van der Waals surface area contributed by atoms with Gasteiger partial charge in [-0.25, -0.2) is 0 Å². The summed E-state index contributed by atoms with van der Waals surface area (Å²) in [6.45, 7) is 4.84. The number of rotatable bonds is 5. The molecule has 0 atom stereocenters. The van der Waals surface area contributed by atoms with Crippen LogP contribution in [0.5, 0.6) is 0 Å². The molecule has 20 heavy (non-hydrogen) atoms. The van der Waals surface area contributed by atoms with Gasteiger partial charge in [-0.3, -0.25) is 0 Å². The number of nitrogens with zero attached hydrogens (tertiary/aromatic N) is 1. The van der Waals surface area contributed by atoms with Gasteiger partial charge in [0.1, 0.15) is 0 Å². The van der Waals surface area contributed by atoms with Crippen molar-refractivity contribution < 1.29 is 0 Å². The van der Waals surface area contributed by atoms with Gasteiger partial charge in [0.2, 0.25) is 0 Å². The van der Waals surface area contributed by atoms with E-state index in [1.165, 1.54) is 27.4 Å². The van der Waals surface area contributed by atoms with Crippen LogP contribution in [0.15, 0.2) is 47.4 Å². The third-order valence-corrected chi connectivity index (χ3v) is 4.38. The molecule has 0 amide bonds. The fourth-order valence-corrected chi connectivity index (χ4v) is 3.12. The summed E-state index contributed by atoms with van der Waals surface area (Å²) in [5.74, 6) is 1.06. The Hall–Kier alpha value is -1.45. The van der Waals surface area contributed by atoms with Gasteiger partial charge < -0.3 is 10.6 Å². The molecule has 0 radical (unpaired) electrons. The molecular formula is C17H22N2S. The molecule has 2 aromatic carbocycles. The zero-order valence-electron chi connectivity index (χ0n) is 12.4. The molecule has 106 valence electrons. The molecule has 0 aliphatic rings. The zero-order chi connectivity index (χ0) is 14.5. The molecule has 0 heterocycles. The van der Waals surface area contributed by atoms with Crippen molar-refractivity contribution in [3.63, 3.8) is 0 Å². The smallest absolute Gasteiger partial charge is 0.0464 e. The molecule has 0 saturated heterocycles. The van der Waals surface area contributed by atoms with Gasteiger partial charge in [-0.05, 0) is 36.9 Å². The van der Waals surface area contributed by atoms with Crippen molar-refractivity contribution in [2.24, 2.45) is 5.73 Å². The maximum atomic E-state index is 5.98. The first-order valence-corrected chi connectivity index (χ1v) is 7.91. The Labute approximate surface area is 126 Å². The van der Waals surface area contributed by atoms with Crippen LogP contribution in [0.25, 0.3) is 0 Å². The quantitative estimate of drug-likeness (QED) is 0.829. The van der Waals surface area contributed by atoms with Crippen molar-refractivity contribution in [1.29, 1.82) is 0 Å². The molecule has 0 aliphatic heterocycles. The molecular weight excluding hydrogens is 264 g/mol. The topological polar surface area (TPSA) is 29.3 Å². The number of anilines is 2. The van der Waals surface area contributed by atoms with Crippen LogP contribution >= 0.6 is 11.8 Å². The average molecular weight is 286 g/mol. The molecule has 2 aromatic rings. The highest BCUT2D eigenvalue weighted by Crippen LogP contribution is 2.33. The Kier molecular flexibility index (Phi) is 5.10. The van der Waals surface area contributed by atoms with E-state index < -0.39 is 0 Å². The summed E-state index contributed by atoms with van der Waals surface area (Å²) < 4.78 is 0. The van der Waals surface area contributed by atoms with E-state index in [0.29, 0.717) is 6.54 Å². The maximum Gasteiger partial charge on any atom is 0.0464 e. The normalized spacial score (nSPS) is 10.6. The number of nitrogens with two attached hydrogens (primary N) is 1. The van der Waals surface area contributed by atoms with E-state index in [1.54, 1.807) is 0 Å². The van der Waals surface area contributed by atoms with Gasteiger partial charge in [0.25, 0.3) is 0 Å². The molecule has 2 N–H and O–H groups in total. The zero-order valence-corrected chi connectivity index (χ0v) is 13.2. The van der Waals surface area contributed by atoms with Crippen molar-refractivity contribution in [2.75, 3.05) is 17.7 Å². The summed E-state index contributed by atoms with van der Waals surface area (Å²) in [5.41, 5.74) is 10.9. The van der Waals surface area contributed by atoms with Crippen LogP contribution in [0.1, 0.15) is 18.1 Å². The number of aryl methyl sites for hydroxylation is 1. The summed E-state index contributed by atoms with van der Waals surface area (Å²) in [4.78, 5) is 3.49. The van der Waals surface area contributed by atoms with Gasteiger partial charge in [-0.15, -0.1) is 11.8 Å². The van der Waals surface area contributed by atoms with Crippen molar-refractivity contribution >= 4 is 23.1 Å². The average Bonchev–Trinajstić information content (AvgIpc) is 2.47. The van der Waals surface area contributed by atoms with E-state index in [-0.39, 0.29) is 0 Å². The Morgan fingerprint density at radius 2 is 1.80 bits per heavy atom. The highest BCUT2D eigenvalue weighted by molar-refractivity contribution is 7.99. The first-order valence-electron chi connectivity index (χ1n) is 6.92. The minimum Gasteiger partial charge on any atom is -0.344 e. The summed E-state index contributed by atoms with van der Waals surface area (Å²) in [7, 11) is 2.10. The summed E-state index contributed by atoms with van der Waals surface area (Å²) >= 11 is 1.85. The largest absolute Gasteiger partial charge is 0.344 e. The predicted octanol–water partition coefficient (Wildman–Crippen LogP) is 4.33. The molecule has 0 saturated carbocycles. The van der Waals surface area contributed by atoms with Gasteiger partial charge in [-0.1, -0.05) is 30.7 Å². The lowest BCUT2D eigenvalue weighted by atomic mass is 10.1. The second kappa shape index (κ2) is 6.82. The van der Waals surface area contributed by atoms with Gasteiger partial charge >= 0.3 is 0 Å². The van der Waals surface area contributed by atoms with Crippen LogP contribution in [0.4, 0.5) is 11.4 Å². The summed E-state index contributed by atoms with van der Waals surface area (Å²) in [5, 5.41) is 0. The summed E-state index contributed by atoms with van der Waals surface area (Å²) in [6.07, 6.45) is 0. The molecule has 2 rings (SSSR count). The monoisotopic (exact) mass is 286 g/mol. The predicted molar refractivity (Wildman–Crippen MR) is 90.0 cm³/mol.